The summed E-state index contributed by atoms with van der Waals surface area (Å²) >= 11 is 1.53. The van der Waals surface area contributed by atoms with Crippen molar-refractivity contribution in [3.8, 4) is 29.0 Å². The Bertz CT molecular complexity index is 1860. The van der Waals surface area contributed by atoms with Crippen molar-refractivity contribution in [3.05, 3.63) is 106 Å². The molecule has 0 amide bonds. The molecule has 0 spiro atoms. The number of rotatable bonds is 7. The molecule has 1 N–H and O–H groups in total. The third-order valence-electron chi connectivity index (χ3n) is 6.63. The molecule has 0 bridgehead atoms. The highest BCUT2D eigenvalue weighted by atomic mass is 32.1. The predicted octanol–water partition coefficient (Wildman–Crippen LogP) is 7.33. The molecule has 9 heteroatoms. The van der Waals surface area contributed by atoms with Crippen LogP contribution in [0.5, 0.6) is 11.6 Å². The number of ether oxygens (including phenoxy) is 1. The van der Waals surface area contributed by atoms with Crippen LogP contribution < -0.4 is 10.1 Å². The Morgan fingerprint density at radius 1 is 0.950 bits per heavy atom. The number of aryl methyl sites for hydroxylation is 3. The van der Waals surface area contributed by atoms with E-state index in [4.69, 9.17) is 9.72 Å². The van der Waals surface area contributed by atoms with Crippen LogP contribution in [0.3, 0.4) is 0 Å². The maximum atomic E-state index is 9.28. The van der Waals surface area contributed by atoms with E-state index in [9.17, 15) is 5.26 Å². The van der Waals surface area contributed by atoms with E-state index in [1.807, 2.05) is 84.7 Å². The van der Waals surface area contributed by atoms with E-state index < -0.39 is 0 Å². The van der Waals surface area contributed by atoms with E-state index >= 15 is 0 Å². The SMILES string of the molecule is Cc1ccccc1Cn1cc(-c2ccc(Nc3nc(Oc4c(C)cc(C#N)cc4C)c4sccc4n3)cc2)nn1. The maximum absolute atomic E-state index is 9.28. The Labute approximate surface area is 235 Å². The fourth-order valence-electron chi connectivity index (χ4n) is 4.56. The van der Waals surface area contributed by atoms with Gasteiger partial charge in [0.1, 0.15) is 16.1 Å². The molecule has 196 valence electrons. The smallest absolute Gasteiger partial charge is 0.242 e. The molecule has 0 radical (unpaired) electrons. The van der Waals surface area contributed by atoms with Gasteiger partial charge in [-0.25, -0.2) is 9.67 Å². The van der Waals surface area contributed by atoms with Crippen molar-refractivity contribution < 1.29 is 4.74 Å². The van der Waals surface area contributed by atoms with Crippen LogP contribution in [-0.2, 0) is 6.54 Å². The molecule has 0 aliphatic rings. The van der Waals surface area contributed by atoms with Crippen LogP contribution in [0.4, 0.5) is 11.6 Å². The minimum atomic E-state index is 0.432. The highest BCUT2D eigenvalue weighted by Crippen LogP contribution is 2.36. The molecule has 0 atom stereocenters. The Morgan fingerprint density at radius 2 is 1.73 bits per heavy atom. The molecular weight excluding hydrogens is 518 g/mol. The van der Waals surface area contributed by atoms with Crippen molar-refractivity contribution in [3.63, 3.8) is 0 Å². The van der Waals surface area contributed by atoms with E-state index in [2.05, 4.69) is 45.7 Å². The monoisotopic (exact) mass is 543 g/mol. The van der Waals surface area contributed by atoms with E-state index in [-0.39, 0.29) is 0 Å². The summed E-state index contributed by atoms with van der Waals surface area (Å²) in [4.78, 5) is 9.37. The van der Waals surface area contributed by atoms with Gasteiger partial charge in [0.25, 0.3) is 0 Å². The van der Waals surface area contributed by atoms with Crippen molar-refractivity contribution in [1.82, 2.24) is 25.0 Å². The number of nitriles is 1. The number of anilines is 2. The summed E-state index contributed by atoms with van der Waals surface area (Å²) in [6.45, 7) is 6.63. The van der Waals surface area contributed by atoms with Crippen LogP contribution in [0, 0.1) is 32.1 Å². The van der Waals surface area contributed by atoms with Gasteiger partial charge in [0, 0.05) is 11.3 Å². The number of hydrogen-bond acceptors (Lipinski definition) is 8. The van der Waals surface area contributed by atoms with Crippen LogP contribution in [0.25, 0.3) is 21.5 Å². The summed E-state index contributed by atoms with van der Waals surface area (Å²) in [7, 11) is 0. The normalized spacial score (nSPS) is 10.9. The third-order valence-corrected chi connectivity index (χ3v) is 7.52. The summed E-state index contributed by atoms with van der Waals surface area (Å²) in [5.41, 5.74) is 8.20. The number of nitrogens with zero attached hydrogens (tertiary/aromatic N) is 6. The fraction of sp³-hybridized carbons (Fsp3) is 0.129. The van der Waals surface area contributed by atoms with Crippen LogP contribution in [0.2, 0.25) is 0 Å². The van der Waals surface area contributed by atoms with E-state index in [1.165, 1.54) is 22.5 Å². The molecule has 3 heterocycles. The molecule has 0 unspecified atom stereocenters. The summed E-state index contributed by atoms with van der Waals surface area (Å²) in [6.07, 6.45) is 1.96. The highest BCUT2D eigenvalue weighted by molar-refractivity contribution is 7.17. The zero-order valence-corrected chi connectivity index (χ0v) is 23.0. The van der Waals surface area contributed by atoms with E-state index in [0.29, 0.717) is 29.7 Å². The first-order chi connectivity index (χ1) is 19.5. The lowest BCUT2D eigenvalue weighted by molar-refractivity contribution is 0.463. The number of thiophene rings is 1. The Balaban J connectivity index is 1.22. The van der Waals surface area contributed by atoms with Gasteiger partial charge in [-0.2, -0.15) is 10.2 Å². The second-order valence-corrected chi connectivity index (χ2v) is 10.5. The maximum Gasteiger partial charge on any atom is 0.242 e. The molecule has 40 heavy (non-hydrogen) atoms. The van der Waals surface area contributed by atoms with Gasteiger partial charge in [0.15, 0.2) is 0 Å². The van der Waals surface area contributed by atoms with Gasteiger partial charge in [-0.15, -0.1) is 16.4 Å². The van der Waals surface area contributed by atoms with Gasteiger partial charge >= 0.3 is 0 Å². The van der Waals surface area contributed by atoms with Crippen molar-refractivity contribution in [2.24, 2.45) is 0 Å². The van der Waals surface area contributed by atoms with Crippen molar-refractivity contribution in [2.45, 2.75) is 27.3 Å². The zero-order chi connectivity index (χ0) is 27.6. The van der Waals surface area contributed by atoms with Gasteiger partial charge in [0.05, 0.1) is 29.9 Å². The molecular formula is C31H25N7OS. The minimum Gasteiger partial charge on any atom is -0.437 e. The van der Waals surface area contributed by atoms with Gasteiger partial charge in [-0.1, -0.05) is 41.6 Å². The third kappa shape index (κ3) is 5.13. The molecule has 3 aromatic heterocycles. The Kier molecular flexibility index (Phi) is 6.68. The second-order valence-electron chi connectivity index (χ2n) is 9.57. The Hall–Kier alpha value is -5.07. The van der Waals surface area contributed by atoms with Crippen LogP contribution >= 0.6 is 11.3 Å². The molecule has 0 aliphatic heterocycles. The number of aromatic nitrogens is 5. The van der Waals surface area contributed by atoms with Gasteiger partial charge in [-0.05, 0) is 78.7 Å². The fourth-order valence-corrected chi connectivity index (χ4v) is 5.31. The molecule has 6 rings (SSSR count). The van der Waals surface area contributed by atoms with Crippen molar-refractivity contribution >= 4 is 33.2 Å². The summed E-state index contributed by atoms with van der Waals surface area (Å²) in [6, 6.07) is 24.0. The molecule has 0 saturated heterocycles. The highest BCUT2D eigenvalue weighted by Gasteiger charge is 2.15. The quantitative estimate of drug-likeness (QED) is 0.225. The van der Waals surface area contributed by atoms with Crippen molar-refractivity contribution in [2.75, 3.05) is 5.32 Å². The van der Waals surface area contributed by atoms with E-state index in [1.54, 1.807) is 0 Å². The number of hydrogen-bond donors (Lipinski definition) is 1. The molecule has 6 aromatic rings. The summed E-state index contributed by atoms with van der Waals surface area (Å²) < 4.78 is 9.02. The minimum absolute atomic E-state index is 0.432. The molecule has 8 nitrogen and oxygen atoms in total. The second kappa shape index (κ2) is 10.6. The number of nitrogens with one attached hydrogen (secondary N) is 1. The first-order valence-corrected chi connectivity index (χ1v) is 13.6. The van der Waals surface area contributed by atoms with E-state index in [0.717, 1.165) is 38.3 Å². The largest absolute Gasteiger partial charge is 0.437 e. The summed E-state index contributed by atoms with van der Waals surface area (Å²) in [5, 5.41) is 23.2. The molecule has 0 aliphatic carbocycles. The molecule has 3 aromatic carbocycles. The topological polar surface area (TPSA) is 102 Å². The predicted molar refractivity (Wildman–Crippen MR) is 157 cm³/mol. The zero-order valence-electron chi connectivity index (χ0n) is 22.2. The molecule has 0 fully saturated rings. The standard InChI is InChI=1S/C31H25N7OS/c1-19-6-4-5-7-24(19)17-38-18-27(36-37-38)23-8-10-25(11-9-23)33-31-34-26-12-13-40-29(26)30(35-31)39-28-20(2)14-22(16-32)15-21(28)3/h4-15,18H,17H2,1-3H3,(H,33,34,35). The first-order valence-electron chi connectivity index (χ1n) is 12.7. The number of fused-ring (bicyclic) bond motifs is 1. The lowest BCUT2D eigenvalue weighted by Gasteiger charge is -2.13. The molecule has 0 saturated carbocycles. The average Bonchev–Trinajstić information content (AvgIpc) is 3.62. The van der Waals surface area contributed by atoms with Crippen LogP contribution in [-0.4, -0.2) is 25.0 Å². The van der Waals surface area contributed by atoms with Crippen LogP contribution in [0.15, 0.2) is 78.3 Å². The van der Waals surface area contributed by atoms with Crippen LogP contribution in [0.1, 0.15) is 27.8 Å². The van der Waals surface area contributed by atoms with Crippen molar-refractivity contribution in [1.29, 1.82) is 5.26 Å². The average molecular weight is 544 g/mol. The van der Waals surface area contributed by atoms with Gasteiger partial charge in [0.2, 0.25) is 11.8 Å². The summed E-state index contributed by atoms with van der Waals surface area (Å²) in [5.74, 6) is 1.60. The lowest BCUT2D eigenvalue weighted by atomic mass is 10.1. The Morgan fingerprint density at radius 3 is 2.48 bits per heavy atom. The first kappa shape index (κ1) is 25.2. The number of benzene rings is 3. The van der Waals surface area contributed by atoms with Gasteiger partial charge in [-0.3, -0.25) is 0 Å². The van der Waals surface area contributed by atoms with Gasteiger partial charge < -0.3 is 10.1 Å². The lowest BCUT2D eigenvalue weighted by Crippen LogP contribution is -2.01.